The normalized spacial score (nSPS) is 17.1. The highest BCUT2D eigenvalue weighted by atomic mass is 35.5. The van der Waals surface area contributed by atoms with Crippen LogP contribution in [0.1, 0.15) is 0 Å². The summed E-state index contributed by atoms with van der Waals surface area (Å²) in [5.41, 5.74) is 0. The van der Waals surface area contributed by atoms with Gasteiger partial charge in [0.1, 0.15) is 0 Å². The maximum Gasteiger partial charge on any atom is 0.421 e. The van der Waals surface area contributed by atoms with Crippen LogP contribution in [0, 0.1) is 0 Å². The second-order valence-corrected chi connectivity index (χ2v) is 1.99. The van der Waals surface area contributed by atoms with Crippen molar-refractivity contribution in [1.82, 2.24) is 0 Å². The Bertz CT molecular complexity index is 101. The molecule has 7 heteroatoms. The van der Waals surface area contributed by atoms with Gasteiger partial charge in [0.2, 0.25) is 6.10 Å². The van der Waals surface area contributed by atoms with E-state index < -0.39 is 17.7 Å². The van der Waals surface area contributed by atoms with Gasteiger partial charge >= 0.3 is 11.6 Å². The molecule has 1 N–H and O–H groups in total. The Morgan fingerprint density at radius 3 is 1.40 bits per heavy atom. The van der Waals surface area contributed by atoms with Gasteiger partial charge in [-0.3, -0.25) is 0 Å². The van der Waals surface area contributed by atoms with E-state index in [1.165, 1.54) is 0 Å². The van der Waals surface area contributed by atoms with Gasteiger partial charge in [-0.15, -0.1) is 0 Å². The van der Waals surface area contributed by atoms with Crippen molar-refractivity contribution < 1.29 is 27.1 Å². The monoisotopic (exact) mass is 184 g/mol. The Balaban J connectivity index is 4.23. The van der Waals surface area contributed by atoms with Crippen LogP contribution in [0.15, 0.2) is 0 Å². The Kier molecular flexibility index (Phi) is 2.48. The minimum Gasteiger partial charge on any atom is -0.378 e. The molecule has 1 unspecified atom stereocenters. The lowest BCUT2D eigenvalue weighted by Crippen LogP contribution is -2.41. The third-order valence-corrected chi connectivity index (χ3v) is 0.827. The second kappa shape index (κ2) is 2.50. The summed E-state index contributed by atoms with van der Waals surface area (Å²) in [6, 6.07) is 0. The summed E-state index contributed by atoms with van der Waals surface area (Å²) in [5.74, 6) is 0. The summed E-state index contributed by atoms with van der Waals surface area (Å²) in [7, 11) is 0. The zero-order valence-corrected chi connectivity index (χ0v) is 5.05. The van der Waals surface area contributed by atoms with E-state index in [9.17, 15) is 22.0 Å². The first-order chi connectivity index (χ1) is 4.15. The predicted molar refractivity (Wildman–Crippen MR) is 22.9 cm³/mol. The van der Waals surface area contributed by atoms with Crippen LogP contribution in [0.5, 0.6) is 0 Å². The van der Waals surface area contributed by atoms with Gasteiger partial charge in [0.15, 0.2) is 0 Å². The average molecular weight is 184 g/mol. The maximum atomic E-state index is 11.4. The molecule has 0 rings (SSSR count). The van der Waals surface area contributed by atoms with Crippen molar-refractivity contribution in [3.05, 3.63) is 0 Å². The fourth-order valence-corrected chi connectivity index (χ4v) is 0.309. The van der Waals surface area contributed by atoms with Crippen molar-refractivity contribution in [3.63, 3.8) is 0 Å². The first-order valence-electron chi connectivity index (χ1n) is 1.97. The van der Waals surface area contributed by atoms with Gasteiger partial charge in [0, 0.05) is 0 Å². The third kappa shape index (κ3) is 2.66. The third-order valence-electron chi connectivity index (χ3n) is 0.620. The quantitative estimate of drug-likeness (QED) is 0.486. The lowest BCUT2D eigenvalue weighted by Gasteiger charge is -2.17. The summed E-state index contributed by atoms with van der Waals surface area (Å²) in [6.07, 6.45) is -9.19. The molecular weight excluding hydrogens is 182 g/mol. The number of hydrogen-bond acceptors (Lipinski definition) is 1. The van der Waals surface area contributed by atoms with Crippen LogP contribution in [0.25, 0.3) is 0 Å². The molecule has 0 aromatic heterocycles. The highest BCUT2D eigenvalue weighted by molar-refractivity contribution is 6.22. The van der Waals surface area contributed by atoms with Crippen LogP contribution in [-0.2, 0) is 0 Å². The fourth-order valence-electron chi connectivity index (χ4n) is 0.186. The summed E-state index contributed by atoms with van der Waals surface area (Å²) >= 11 is 3.86. The predicted octanol–water partition coefficient (Wildman–Crippen LogP) is 1.74. The van der Waals surface area contributed by atoms with E-state index in [1.807, 2.05) is 0 Å². The first kappa shape index (κ1) is 9.90. The second-order valence-electron chi connectivity index (χ2n) is 1.49. The molecule has 0 spiro atoms. The van der Waals surface area contributed by atoms with Gasteiger partial charge in [0.05, 0.1) is 0 Å². The summed E-state index contributed by atoms with van der Waals surface area (Å²) < 4.78 is 56.2. The topological polar surface area (TPSA) is 20.2 Å². The van der Waals surface area contributed by atoms with E-state index in [0.717, 1.165) is 0 Å². The first-order valence-corrected chi connectivity index (χ1v) is 2.35. The SMILES string of the molecule is OC(C(F)(F)F)C(F)(F)Cl. The van der Waals surface area contributed by atoms with E-state index in [-0.39, 0.29) is 0 Å². The van der Waals surface area contributed by atoms with E-state index >= 15 is 0 Å². The molecule has 0 radical (unpaired) electrons. The molecule has 10 heavy (non-hydrogen) atoms. The number of alkyl halides is 6. The molecule has 0 amide bonds. The lowest BCUT2D eigenvalue weighted by atomic mass is 10.4. The van der Waals surface area contributed by atoms with Gasteiger partial charge < -0.3 is 5.11 Å². The molecular formula is C3H2ClF5O. The van der Waals surface area contributed by atoms with Crippen molar-refractivity contribution in [2.24, 2.45) is 0 Å². The minimum absolute atomic E-state index is 3.80. The molecule has 0 fully saturated rings. The average Bonchev–Trinajstić information content (AvgIpc) is 1.59. The number of rotatable bonds is 1. The summed E-state index contributed by atoms with van der Waals surface area (Å²) in [4.78, 5) is 0. The highest BCUT2D eigenvalue weighted by Crippen LogP contribution is 2.34. The Morgan fingerprint density at radius 1 is 1.10 bits per heavy atom. The molecule has 0 aliphatic heterocycles. The van der Waals surface area contributed by atoms with Crippen molar-refractivity contribution in [1.29, 1.82) is 0 Å². The number of hydrogen-bond donors (Lipinski definition) is 1. The summed E-state index contributed by atoms with van der Waals surface area (Å²) in [6.45, 7) is 0. The van der Waals surface area contributed by atoms with Crippen LogP contribution < -0.4 is 0 Å². The van der Waals surface area contributed by atoms with E-state index in [2.05, 4.69) is 11.6 Å². The number of halogens is 6. The molecule has 0 heterocycles. The van der Waals surface area contributed by atoms with E-state index in [4.69, 9.17) is 5.11 Å². The van der Waals surface area contributed by atoms with Crippen LogP contribution in [0.3, 0.4) is 0 Å². The molecule has 0 aromatic carbocycles. The number of aliphatic hydroxyl groups is 1. The van der Waals surface area contributed by atoms with Gasteiger partial charge in [-0.1, -0.05) is 0 Å². The largest absolute Gasteiger partial charge is 0.421 e. The van der Waals surface area contributed by atoms with Crippen LogP contribution in [0.4, 0.5) is 22.0 Å². The Labute approximate surface area is 57.4 Å². The van der Waals surface area contributed by atoms with Crippen LogP contribution in [0.2, 0.25) is 0 Å². The smallest absolute Gasteiger partial charge is 0.378 e. The molecule has 62 valence electrons. The molecule has 0 aliphatic rings. The van der Waals surface area contributed by atoms with Gasteiger partial charge in [-0.2, -0.15) is 22.0 Å². The Hall–Kier alpha value is -0.100. The van der Waals surface area contributed by atoms with E-state index in [1.54, 1.807) is 0 Å². The molecule has 0 aliphatic carbocycles. The van der Waals surface area contributed by atoms with Crippen molar-refractivity contribution >= 4 is 11.6 Å². The van der Waals surface area contributed by atoms with Crippen molar-refractivity contribution in [2.45, 2.75) is 17.7 Å². The molecule has 0 aromatic rings. The van der Waals surface area contributed by atoms with Gasteiger partial charge in [-0.05, 0) is 11.6 Å². The summed E-state index contributed by atoms with van der Waals surface area (Å²) in [5, 5.41) is 3.06. The molecule has 0 saturated heterocycles. The van der Waals surface area contributed by atoms with Crippen molar-refractivity contribution in [2.75, 3.05) is 0 Å². The molecule has 1 atom stereocenters. The minimum atomic E-state index is -5.38. The van der Waals surface area contributed by atoms with Crippen LogP contribution in [-0.4, -0.2) is 22.8 Å². The Morgan fingerprint density at radius 2 is 1.40 bits per heavy atom. The van der Waals surface area contributed by atoms with Gasteiger partial charge in [-0.25, -0.2) is 0 Å². The molecule has 0 saturated carbocycles. The molecule has 0 bridgehead atoms. The standard InChI is InChI=1S/C3H2ClF5O/c4-2(5,6)1(10)3(7,8)9/h1,10H. The lowest BCUT2D eigenvalue weighted by molar-refractivity contribution is -0.247. The van der Waals surface area contributed by atoms with Crippen molar-refractivity contribution in [3.8, 4) is 0 Å². The maximum absolute atomic E-state index is 11.4. The number of aliphatic hydroxyl groups excluding tert-OH is 1. The zero-order valence-electron chi connectivity index (χ0n) is 4.29. The highest BCUT2D eigenvalue weighted by Gasteiger charge is 2.53. The fraction of sp³-hybridized carbons (Fsp3) is 1.00. The zero-order chi connectivity index (χ0) is 8.58. The van der Waals surface area contributed by atoms with Gasteiger partial charge in [0.25, 0.3) is 0 Å². The van der Waals surface area contributed by atoms with E-state index in [0.29, 0.717) is 0 Å². The molecule has 1 nitrogen and oxygen atoms in total. The van der Waals surface area contributed by atoms with Crippen LogP contribution >= 0.6 is 11.6 Å².